The second-order valence-corrected chi connectivity index (χ2v) is 5.61. The fourth-order valence-corrected chi connectivity index (χ4v) is 2.79. The van der Waals surface area contributed by atoms with Crippen molar-refractivity contribution in [2.75, 3.05) is 0 Å². The number of nitrogens with one attached hydrogen (secondary N) is 1. The van der Waals surface area contributed by atoms with Crippen molar-refractivity contribution in [1.82, 2.24) is 5.43 Å². The quantitative estimate of drug-likeness (QED) is 0.496. The van der Waals surface area contributed by atoms with E-state index in [0.717, 1.165) is 17.0 Å². The Labute approximate surface area is 123 Å². The lowest BCUT2D eigenvalue weighted by Crippen LogP contribution is -2.28. The fraction of sp³-hybridized carbons (Fsp3) is 0.286. The molecule has 0 aliphatic heterocycles. The highest BCUT2D eigenvalue weighted by atomic mass is 32.1. The van der Waals surface area contributed by atoms with Crippen molar-refractivity contribution >= 4 is 11.3 Å². The molecule has 0 bridgehead atoms. The molecular formula is C14H14F4N2S. The van der Waals surface area contributed by atoms with Crippen LogP contribution in [0.2, 0.25) is 0 Å². The molecular weight excluding hydrogens is 304 g/mol. The molecule has 0 aliphatic carbocycles. The molecule has 0 saturated heterocycles. The molecule has 0 aliphatic rings. The van der Waals surface area contributed by atoms with Gasteiger partial charge in [-0.2, -0.15) is 13.2 Å². The van der Waals surface area contributed by atoms with Gasteiger partial charge in [0.15, 0.2) is 0 Å². The van der Waals surface area contributed by atoms with Crippen molar-refractivity contribution in [1.29, 1.82) is 0 Å². The molecule has 114 valence electrons. The summed E-state index contributed by atoms with van der Waals surface area (Å²) >= 11 is 1.57. The minimum atomic E-state index is -4.72. The molecule has 0 amide bonds. The van der Waals surface area contributed by atoms with E-state index in [4.69, 9.17) is 5.84 Å². The van der Waals surface area contributed by atoms with Gasteiger partial charge in [-0.3, -0.25) is 11.3 Å². The van der Waals surface area contributed by atoms with Crippen LogP contribution in [0.25, 0.3) is 0 Å². The lowest BCUT2D eigenvalue weighted by atomic mass is 9.99. The van der Waals surface area contributed by atoms with Crippen molar-refractivity contribution in [2.24, 2.45) is 5.84 Å². The molecule has 0 radical (unpaired) electrons. The highest BCUT2D eigenvalue weighted by Crippen LogP contribution is 2.33. The van der Waals surface area contributed by atoms with Crippen molar-refractivity contribution in [2.45, 2.75) is 25.1 Å². The van der Waals surface area contributed by atoms with Crippen LogP contribution in [-0.2, 0) is 12.6 Å². The monoisotopic (exact) mass is 318 g/mol. The van der Waals surface area contributed by atoms with Gasteiger partial charge >= 0.3 is 6.18 Å². The Morgan fingerprint density at radius 3 is 2.57 bits per heavy atom. The largest absolute Gasteiger partial charge is 0.419 e. The lowest BCUT2D eigenvalue weighted by Gasteiger charge is -2.18. The van der Waals surface area contributed by atoms with E-state index in [1.165, 1.54) is 6.07 Å². The summed E-state index contributed by atoms with van der Waals surface area (Å²) in [5, 5.41) is 1.93. The number of aryl methyl sites for hydroxylation is 1. The van der Waals surface area contributed by atoms with Gasteiger partial charge in [0, 0.05) is 10.9 Å². The molecule has 1 aromatic carbocycles. The summed E-state index contributed by atoms with van der Waals surface area (Å²) in [7, 11) is 0. The Morgan fingerprint density at radius 2 is 2.00 bits per heavy atom. The molecule has 0 spiro atoms. The third-order valence-corrected chi connectivity index (χ3v) is 4.10. The van der Waals surface area contributed by atoms with Crippen LogP contribution in [0.3, 0.4) is 0 Å². The number of alkyl halides is 3. The van der Waals surface area contributed by atoms with Crippen molar-refractivity contribution in [3.8, 4) is 0 Å². The maximum Gasteiger partial charge on any atom is 0.419 e. The van der Waals surface area contributed by atoms with Gasteiger partial charge in [-0.25, -0.2) is 4.39 Å². The van der Waals surface area contributed by atoms with E-state index in [-0.39, 0.29) is 0 Å². The Bertz CT molecular complexity index is 581. The third kappa shape index (κ3) is 4.03. The molecule has 21 heavy (non-hydrogen) atoms. The van der Waals surface area contributed by atoms with Crippen molar-refractivity contribution in [3.63, 3.8) is 0 Å². The molecule has 2 rings (SSSR count). The normalized spacial score (nSPS) is 13.4. The Hall–Kier alpha value is -1.44. The van der Waals surface area contributed by atoms with Crippen molar-refractivity contribution < 1.29 is 17.6 Å². The van der Waals surface area contributed by atoms with Gasteiger partial charge in [0.05, 0.1) is 5.56 Å². The van der Waals surface area contributed by atoms with Crippen LogP contribution in [0, 0.1) is 5.82 Å². The number of hydrogen-bond donors (Lipinski definition) is 2. The predicted octanol–water partition coefficient (Wildman–Crippen LogP) is 4.04. The van der Waals surface area contributed by atoms with Gasteiger partial charge < -0.3 is 0 Å². The summed E-state index contributed by atoms with van der Waals surface area (Å²) in [4.78, 5) is 1.12. The van der Waals surface area contributed by atoms with Gasteiger partial charge in [-0.05, 0) is 42.0 Å². The van der Waals surface area contributed by atoms with Gasteiger partial charge in [0.2, 0.25) is 0 Å². The number of halogens is 4. The second kappa shape index (κ2) is 6.55. The summed E-state index contributed by atoms with van der Waals surface area (Å²) in [5.41, 5.74) is 1.55. The first kappa shape index (κ1) is 15.9. The molecule has 2 nitrogen and oxygen atoms in total. The molecule has 0 fully saturated rings. The van der Waals surface area contributed by atoms with Gasteiger partial charge in [-0.1, -0.05) is 12.1 Å². The zero-order valence-corrected chi connectivity index (χ0v) is 11.8. The third-order valence-electron chi connectivity index (χ3n) is 3.16. The van der Waals surface area contributed by atoms with E-state index in [9.17, 15) is 17.6 Å². The van der Waals surface area contributed by atoms with E-state index in [1.807, 2.05) is 17.5 Å². The zero-order valence-electron chi connectivity index (χ0n) is 11.0. The van der Waals surface area contributed by atoms with Crippen molar-refractivity contribution in [3.05, 3.63) is 57.5 Å². The minimum Gasteiger partial charge on any atom is -0.271 e. The first-order valence-electron chi connectivity index (χ1n) is 6.27. The number of thiophene rings is 1. The number of hydrazine groups is 1. The molecule has 0 saturated carbocycles. The molecule has 3 N–H and O–H groups in total. The maximum absolute atomic E-state index is 13.3. The average molecular weight is 318 g/mol. The highest BCUT2D eigenvalue weighted by Gasteiger charge is 2.34. The van der Waals surface area contributed by atoms with Gasteiger partial charge in [-0.15, -0.1) is 11.3 Å². The van der Waals surface area contributed by atoms with E-state index < -0.39 is 23.6 Å². The molecule has 1 aromatic heterocycles. The molecule has 1 heterocycles. The van der Waals surface area contributed by atoms with Crippen LogP contribution in [0.5, 0.6) is 0 Å². The summed E-state index contributed by atoms with van der Waals surface area (Å²) in [5.74, 6) is 4.14. The Balaban J connectivity index is 2.18. The summed E-state index contributed by atoms with van der Waals surface area (Å²) in [6.07, 6.45) is -3.50. The van der Waals surface area contributed by atoms with Gasteiger partial charge in [0.1, 0.15) is 5.82 Å². The average Bonchev–Trinajstić information content (AvgIpc) is 2.93. The topological polar surface area (TPSA) is 38.0 Å². The highest BCUT2D eigenvalue weighted by molar-refractivity contribution is 7.09. The fourth-order valence-electron chi connectivity index (χ4n) is 2.06. The number of benzene rings is 1. The first-order valence-corrected chi connectivity index (χ1v) is 7.15. The second-order valence-electron chi connectivity index (χ2n) is 4.57. The molecule has 1 atom stereocenters. The molecule has 1 unspecified atom stereocenters. The standard InChI is InChI=1S/C14H14F4N2S/c15-12-5-3-9(8-11(12)14(16,17)18)13(20-19)6-4-10-2-1-7-21-10/h1-3,5,7-8,13,20H,4,6,19H2. The Kier molecular flexibility index (Phi) is 4.97. The minimum absolute atomic E-state index is 0.322. The molecule has 2 aromatic rings. The number of hydrogen-bond acceptors (Lipinski definition) is 3. The maximum atomic E-state index is 13.3. The van der Waals surface area contributed by atoms with Crippen LogP contribution >= 0.6 is 11.3 Å². The Morgan fingerprint density at radius 1 is 1.24 bits per heavy atom. The van der Waals surface area contributed by atoms with E-state index >= 15 is 0 Å². The van der Waals surface area contributed by atoms with E-state index in [1.54, 1.807) is 11.3 Å². The van der Waals surface area contributed by atoms with Crippen LogP contribution in [0.1, 0.15) is 28.5 Å². The van der Waals surface area contributed by atoms with Gasteiger partial charge in [0.25, 0.3) is 0 Å². The number of rotatable bonds is 5. The number of nitrogens with two attached hydrogens (primary N) is 1. The summed E-state index contributed by atoms with van der Waals surface area (Å²) in [6, 6.07) is 6.36. The van der Waals surface area contributed by atoms with Crippen LogP contribution in [0.15, 0.2) is 35.7 Å². The lowest BCUT2D eigenvalue weighted by molar-refractivity contribution is -0.140. The molecule has 7 heteroatoms. The van der Waals surface area contributed by atoms with E-state index in [2.05, 4.69) is 5.43 Å². The SMILES string of the molecule is NNC(CCc1cccs1)c1ccc(F)c(C(F)(F)F)c1. The summed E-state index contributed by atoms with van der Waals surface area (Å²) in [6.45, 7) is 0. The summed E-state index contributed by atoms with van der Waals surface area (Å²) < 4.78 is 51.4. The smallest absolute Gasteiger partial charge is 0.271 e. The van der Waals surface area contributed by atoms with E-state index in [0.29, 0.717) is 18.4 Å². The zero-order chi connectivity index (χ0) is 15.5. The predicted molar refractivity (Wildman–Crippen MR) is 74.1 cm³/mol. The van der Waals surface area contributed by atoms with Crippen LogP contribution < -0.4 is 11.3 Å². The van der Waals surface area contributed by atoms with Crippen LogP contribution in [-0.4, -0.2) is 0 Å². The first-order chi connectivity index (χ1) is 9.91. The van der Waals surface area contributed by atoms with Crippen LogP contribution in [0.4, 0.5) is 17.6 Å².